The van der Waals surface area contributed by atoms with Gasteiger partial charge in [0.2, 0.25) is 0 Å². The maximum absolute atomic E-state index is 12.2. The van der Waals surface area contributed by atoms with Crippen molar-refractivity contribution in [2.75, 3.05) is 26.7 Å². The van der Waals surface area contributed by atoms with E-state index in [2.05, 4.69) is 16.5 Å². The topological polar surface area (TPSA) is 228 Å². The lowest BCUT2D eigenvalue weighted by Gasteiger charge is -2.30. The number of ether oxygens (including phenoxy) is 3. The molecule has 14 nitrogen and oxygen atoms in total. The molecule has 234 valence electrons. The van der Waals surface area contributed by atoms with Crippen LogP contribution in [0.15, 0.2) is 4.99 Å². The van der Waals surface area contributed by atoms with Crippen molar-refractivity contribution >= 4 is 46.9 Å². The molecule has 0 fully saturated rings. The highest BCUT2D eigenvalue weighted by molar-refractivity contribution is 6.33. The first kappa shape index (κ1) is 39.5. The quantitative estimate of drug-likeness (QED) is 0.0791. The van der Waals surface area contributed by atoms with Crippen molar-refractivity contribution in [3.05, 3.63) is 0 Å². The summed E-state index contributed by atoms with van der Waals surface area (Å²) in [5.74, 6) is -3.27. The highest BCUT2D eigenvalue weighted by atomic mass is 16.6. The molecule has 6 N–H and O–H groups in total. The largest absolute Gasteiger partial charge is 0.461 e. The Balaban J connectivity index is 0. The van der Waals surface area contributed by atoms with Crippen molar-refractivity contribution < 1.29 is 38.2 Å². The minimum atomic E-state index is -1.10. The molecule has 14 heteroatoms. The Bertz CT molecular complexity index is 885. The van der Waals surface area contributed by atoms with Gasteiger partial charge < -0.3 is 36.5 Å². The van der Waals surface area contributed by atoms with Gasteiger partial charge in [-0.2, -0.15) is 0 Å². The van der Waals surface area contributed by atoms with E-state index in [4.69, 9.17) is 25.0 Å². The van der Waals surface area contributed by atoms with E-state index in [0.717, 1.165) is 5.71 Å². The van der Waals surface area contributed by atoms with Crippen molar-refractivity contribution in [2.45, 2.75) is 98.4 Å². The molecular formula is C27H48N6O8. The number of carbonyl (C=O) groups excluding carboxylic acids is 5. The van der Waals surface area contributed by atoms with E-state index >= 15 is 0 Å². The molecule has 2 amide bonds. The lowest BCUT2D eigenvalue weighted by atomic mass is 10.2. The fraction of sp³-hybridized carbons (Fsp3) is 0.704. The summed E-state index contributed by atoms with van der Waals surface area (Å²) in [6.07, 6.45) is 0.479. The average Bonchev–Trinajstić information content (AvgIpc) is 2.84. The lowest BCUT2D eigenvalue weighted by molar-refractivity contribution is -0.151. The first-order valence-corrected chi connectivity index (χ1v) is 13.4. The van der Waals surface area contributed by atoms with Crippen molar-refractivity contribution in [2.24, 2.45) is 16.5 Å². The summed E-state index contributed by atoms with van der Waals surface area (Å²) in [5.41, 5.74) is 10.4. The van der Waals surface area contributed by atoms with Crippen LogP contribution >= 0.6 is 0 Å². The van der Waals surface area contributed by atoms with Gasteiger partial charge in [0.25, 0.3) is 0 Å². The zero-order valence-corrected chi connectivity index (χ0v) is 25.4. The van der Waals surface area contributed by atoms with E-state index in [1.54, 1.807) is 41.7 Å². The summed E-state index contributed by atoms with van der Waals surface area (Å²) >= 11 is 0. The van der Waals surface area contributed by atoms with Gasteiger partial charge in [0.15, 0.2) is 0 Å². The zero-order chi connectivity index (χ0) is 32.1. The van der Waals surface area contributed by atoms with Gasteiger partial charge in [-0.05, 0) is 60.8 Å². The number of nitrogens with zero attached hydrogens (tertiary/aromatic N) is 2. The van der Waals surface area contributed by atoms with Gasteiger partial charge in [-0.1, -0.05) is 0 Å². The summed E-state index contributed by atoms with van der Waals surface area (Å²) in [7, 11) is 1.68. The van der Waals surface area contributed by atoms with E-state index in [1.807, 2.05) is 11.8 Å². The van der Waals surface area contributed by atoms with Gasteiger partial charge in [-0.25, -0.2) is 0 Å². The van der Waals surface area contributed by atoms with Crippen LogP contribution in [0.25, 0.3) is 0 Å². The van der Waals surface area contributed by atoms with Crippen molar-refractivity contribution in [3.63, 3.8) is 0 Å². The van der Waals surface area contributed by atoms with E-state index in [0.29, 0.717) is 50.3 Å². The van der Waals surface area contributed by atoms with Gasteiger partial charge in [-0.3, -0.25) is 33.9 Å². The molecule has 0 aliphatic heterocycles. The Morgan fingerprint density at radius 2 is 0.927 bits per heavy atom. The SMILES string of the molecule is CN=C(C)CCC(=O)OC(C)CN(CC(C)OC(=O)CCC(C)=N)CC(C)OC(=O)CCC(C)=N.NC(=O)C(N)=O. The van der Waals surface area contributed by atoms with Crippen LogP contribution < -0.4 is 11.5 Å². The van der Waals surface area contributed by atoms with Crippen LogP contribution in [0.3, 0.4) is 0 Å². The predicted molar refractivity (Wildman–Crippen MR) is 155 cm³/mol. The van der Waals surface area contributed by atoms with Crippen molar-refractivity contribution in [1.29, 1.82) is 10.8 Å². The van der Waals surface area contributed by atoms with Gasteiger partial charge in [0.05, 0.1) is 19.3 Å². The standard InChI is InChI=1S/C25H44N4O6.C2H4N2O2/c1-17(26)8-11-23(30)33-20(4)14-29(15-21(5)34-24(31)12-9-18(2)27)16-22(6)35-25(32)13-10-19(3)28-7;3-1(5)2(4)6/h20-22,26-27H,8-16H2,1-7H3;(H2,3,5)(H2,4,6). The second-order valence-corrected chi connectivity index (χ2v) is 9.87. The number of aliphatic imine (C=N–C) groups is 1. The summed E-state index contributed by atoms with van der Waals surface area (Å²) in [6, 6.07) is 0. The van der Waals surface area contributed by atoms with Crippen molar-refractivity contribution in [1.82, 2.24) is 4.90 Å². The maximum Gasteiger partial charge on any atom is 0.306 e. The van der Waals surface area contributed by atoms with Crippen LogP contribution in [0.5, 0.6) is 0 Å². The Morgan fingerprint density at radius 1 is 0.634 bits per heavy atom. The summed E-state index contributed by atoms with van der Waals surface area (Å²) < 4.78 is 16.5. The number of nitrogens with two attached hydrogens (primary N) is 2. The molecule has 0 rings (SSSR count). The molecule has 0 heterocycles. The fourth-order valence-electron chi connectivity index (χ4n) is 3.25. The van der Waals surface area contributed by atoms with Gasteiger partial charge >= 0.3 is 29.7 Å². The fourth-order valence-corrected chi connectivity index (χ4v) is 3.25. The normalized spacial score (nSPS) is 13.1. The summed E-state index contributed by atoms with van der Waals surface area (Å²) in [6.45, 7) is 11.6. The Labute approximate surface area is 242 Å². The number of hydrogen-bond donors (Lipinski definition) is 4. The molecule has 0 saturated carbocycles. The molecule has 3 atom stereocenters. The number of esters is 3. The molecule has 0 aliphatic rings. The Morgan fingerprint density at radius 3 is 1.17 bits per heavy atom. The molecule has 3 unspecified atom stereocenters. The molecule has 0 aromatic rings. The van der Waals surface area contributed by atoms with Crippen LogP contribution in [0.2, 0.25) is 0 Å². The summed E-state index contributed by atoms with van der Waals surface area (Å²) in [5, 5.41) is 14.9. The average molecular weight is 585 g/mol. The minimum absolute atomic E-state index is 0.147. The minimum Gasteiger partial charge on any atom is -0.461 e. The second kappa shape index (κ2) is 22.1. The number of amides is 2. The van der Waals surface area contributed by atoms with Crippen molar-refractivity contribution in [3.8, 4) is 0 Å². The molecule has 0 aromatic heterocycles. The van der Waals surface area contributed by atoms with Gasteiger partial charge in [-0.15, -0.1) is 0 Å². The Kier molecular flexibility index (Phi) is 21.2. The number of nitrogens with one attached hydrogen (secondary N) is 2. The molecule has 41 heavy (non-hydrogen) atoms. The van der Waals surface area contributed by atoms with E-state index in [9.17, 15) is 24.0 Å². The second-order valence-electron chi connectivity index (χ2n) is 9.87. The molecule has 0 radical (unpaired) electrons. The van der Waals surface area contributed by atoms with E-state index in [-0.39, 0.29) is 37.2 Å². The highest BCUT2D eigenvalue weighted by Crippen LogP contribution is 2.09. The molecule has 0 bridgehead atoms. The highest BCUT2D eigenvalue weighted by Gasteiger charge is 2.22. The third kappa shape index (κ3) is 25.1. The van der Waals surface area contributed by atoms with E-state index in [1.165, 1.54) is 0 Å². The van der Waals surface area contributed by atoms with Gasteiger partial charge in [0.1, 0.15) is 18.3 Å². The van der Waals surface area contributed by atoms with Crippen LogP contribution in [0, 0.1) is 10.8 Å². The predicted octanol–water partition coefficient (Wildman–Crippen LogP) is 1.55. The molecule has 0 saturated heterocycles. The molecule has 0 aromatic carbocycles. The summed E-state index contributed by atoms with van der Waals surface area (Å²) in [4.78, 5) is 61.2. The first-order chi connectivity index (χ1) is 19.0. The number of primary amides is 2. The molecular weight excluding hydrogens is 536 g/mol. The van der Waals surface area contributed by atoms with Crippen LogP contribution in [-0.2, 0) is 38.2 Å². The molecule has 0 aliphatic carbocycles. The smallest absolute Gasteiger partial charge is 0.306 e. The lowest BCUT2D eigenvalue weighted by Crippen LogP contribution is -2.43. The van der Waals surface area contributed by atoms with Gasteiger partial charge in [0, 0.05) is 43.8 Å². The number of carbonyl (C=O) groups is 5. The van der Waals surface area contributed by atoms with Crippen LogP contribution in [0.4, 0.5) is 0 Å². The third-order valence-electron chi connectivity index (χ3n) is 5.27. The third-order valence-corrected chi connectivity index (χ3v) is 5.27. The number of rotatable bonds is 18. The first-order valence-electron chi connectivity index (χ1n) is 13.4. The van der Waals surface area contributed by atoms with E-state index < -0.39 is 30.1 Å². The monoisotopic (exact) mass is 584 g/mol. The molecule has 0 spiro atoms. The van der Waals surface area contributed by atoms with Crippen LogP contribution in [0.1, 0.15) is 80.1 Å². The maximum atomic E-state index is 12.2. The number of hydrogen-bond acceptors (Lipinski definition) is 12. The van der Waals surface area contributed by atoms with Crippen LogP contribution in [-0.4, -0.2) is 96.8 Å². The Hall–Kier alpha value is -3.68. The zero-order valence-electron chi connectivity index (χ0n) is 25.4.